The van der Waals surface area contributed by atoms with Crippen LogP contribution >= 0.6 is 23.7 Å². The van der Waals surface area contributed by atoms with E-state index in [4.69, 9.17) is 4.74 Å². The Morgan fingerprint density at radius 3 is 2.57 bits per heavy atom. The molecule has 0 radical (unpaired) electrons. The molecule has 126 valence electrons. The average molecular weight is 361 g/mol. The highest BCUT2D eigenvalue weighted by molar-refractivity contribution is 7.10. The molecule has 1 atom stereocenters. The standard InChI is InChI=1S/C16H18F2N2OS.ClH/c1-21-12-5-4-11(17)14(15(12)18)16(13-3-2-10-22-13)20-8-6-19-7-9-20;/h2-5,10,16,19H,6-9H2,1H3;1H/t16-;/m1./s1. The van der Waals surface area contributed by atoms with Gasteiger partial charge in [0.1, 0.15) is 5.82 Å². The fraction of sp³-hybridized carbons (Fsp3) is 0.375. The Morgan fingerprint density at radius 2 is 1.96 bits per heavy atom. The summed E-state index contributed by atoms with van der Waals surface area (Å²) in [5.41, 5.74) is 0.0729. The van der Waals surface area contributed by atoms with Gasteiger partial charge in [-0.2, -0.15) is 0 Å². The fourth-order valence-electron chi connectivity index (χ4n) is 2.85. The summed E-state index contributed by atoms with van der Waals surface area (Å²) >= 11 is 1.51. The number of methoxy groups -OCH3 is 1. The zero-order chi connectivity index (χ0) is 15.5. The largest absolute Gasteiger partial charge is 0.494 e. The van der Waals surface area contributed by atoms with Gasteiger partial charge in [-0.1, -0.05) is 6.07 Å². The van der Waals surface area contributed by atoms with E-state index >= 15 is 0 Å². The molecule has 1 saturated heterocycles. The Morgan fingerprint density at radius 1 is 1.22 bits per heavy atom. The van der Waals surface area contributed by atoms with Crippen molar-refractivity contribution in [1.29, 1.82) is 0 Å². The van der Waals surface area contributed by atoms with E-state index in [1.54, 1.807) is 0 Å². The fourth-order valence-corrected chi connectivity index (χ4v) is 3.72. The van der Waals surface area contributed by atoms with Crippen LogP contribution in [0.1, 0.15) is 16.5 Å². The van der Waals surface area contributed by atoms with Crippen molar-refractivity contribution in [2.75, 3.05) is 33.3 Å². The lowest BCUT2D eigenvalue weighted by atomic mass is 10.0. The minimum atomic E-state index is -0.612. The van der Waals surface area contributed by atoms with Crippen LogP contribution in [0.3, 0.4) is 0 Å². The predicted octanol–water partition coefficient (Wildman–Crippen LogP) is 3.45. The Kier molecular flexibility index (Phi) is 6.35. The predicted molar refractivity (Wildman–Crippen MR) is 90.8 cm³/mol. The van der Waals surface area contributed by atoms with Gasteiger partial charge in [-0.05, 0) is 23.6 Å². The third kappa shape index (κ3) is 3.66. The van der Waals surface area contributed by atoms with Gasteiger partial charge in [-0.15, -0.1) is 23.7 Å². The number of nitrogens with one attached hydrogen (secondary N) is 1. The van der Waals surface area contributed by atoms with Gasteiger partial charge < -0.3 is 10.1 Å². The Labute approximate surface area is 144 Å². The molecule has 1 N–H and O–H groups in total. The van der Waals surface area contributed by atoms with Crippen molar-refractivity contribution in [2.24, 2.45) is 0 Å². The Bertz CT molecular complexity index is 633. The van der Waals surface area contributed by atoms with Crippen molar-refractivity contribution in [3.8, 4) is 5.75 Å². The molecule has 1 aliphatic heterocycles. The second kappa shape index (κ2) is 8.06. The number of benzene rings is 1. The van der Waals surface area contributed by atoms with E-state index in [1.165, 1.54) is 30.6 Å². The number of halogens is 3. The van der Waals surface area contributed by atoms with Crippen LogP contribution in [0.15, 0.2) is 29.6 Å². The van der Waals surface area contributed by atoms with Gasteiger partial charge in [0, 0.05) is 36.6 Å². The molecule has 0 aliphatic carbocycles. The molecule has 0 unspecified atom stereocenters. The number of hydrogen-bond acceptors (Lipinski definition) is 4. The molecule has 1 aromatic heterocycles. The molecule has 0 spiro atoms. The summed E-state index contributed by atoms with van der Waals surface area (Å²) in [6, 6.07) is 6.02. The maximum atomic E-state index is 14.7. The molecule has 1 aromatic carbocycles. The summed E-state index contributed by atoms with van der Waals surface area (Å²) in [5.74, 6) is -1.07. The van der Waals surface area contributed by atoms with Gasteiger partial charge in [0.25, 0.3) is 0 Å². The van der Waals surface area contributed by atoms with E-state index in [9.17, 15) is 8.78 Å². The molecule has 0 saturated carbocycles. The van der Waals surface area contributed by atoms with Gasteiger partial charge in [-0.3, -0.25) is 4.90 Å². The third-order valence-electron chi connectivity index (χ3n) is 3.91. The number of ether oxygens (including phenoxy) is 1. The van der Waals surface area contributed by atoms with Gasteiger partial charge in [0.05, 0.1) is 13.2 Å². The lowest BCUT2D eigenvalue weighted by Gasteiger charge is -2.35. The highest BCUT2D eigenvalue weighted by atomic mass is 35.5. The molecular formula is C16H19ClF2N2OS. The van der Waals surface area contributed by atoms with Crippen LogP contribution < -0.4 is 10.1 Å². The minimum absolute atomic E-state index is 0. The maximum absolute atomic E-state index is 14.7. The maximum Gasteiger partial charge on any atom is 0.173 e. The first-order valence-corrected chi connectivity index (χ1v) is 8.10. The number of rotatable bonds is 4. The second-order valence-corrected chi connectivity index (χ2v) is 6.16. The van der Waals surface area contributed by atoms with Crippen LogP contribution in [0.5, 0.6) is 5.75 Å². The van der Waals surface area contributed by atoms with Gasteiger partial charge in [0.15, 0.2) is 11.6 Å². The zero-order valence-corrected chi connectivity index (χ0v) is 14.4. The smallest absolute Gasteiger partial charge is 0.173 e. The lowest BCUT2D eigenvalue weighted by molar-refractivity contribution is 0.193. The van der Waals surface area contributed by atoms with Crippen molar-refractivity contribution >= 4 is 23.7 Å². The van der Waals surface area contributed by atoms with E-state index in [2.05, 4.69) is 10.2 Å². The van der Waals surface area contributed by atoms with Gasteiger partial charge in [-0.25, -0.2) is 8.78 Å². The molecule has 2 aromatic rings. The number of hydrogen-bond donors (Lipinski definition) is 1. The molecule has 3 rings (SSSR count). The highest BCUT2D eigenvalue weighted by Gasteiger charge is 2.31. The van der Waals surface area contributed by atoms with Crippen molar-refractivity contribution < 1.29 is 13.5 Å². The van der Waals surface area contributed by atoms with Gasteiger partial charge in [0.2, 0.25) is 0 Å². The van der Waals surface area contributed by atoms with Crippen LogP contribution in [0.4, 0.5) is 8.78 Å². The van der Waals surface area contributed by atoms with Crippen molar-refractivity contribution in [3.05, 3.63) is 51.7 Å². The molecule has 2 heterocycles. The molecular weight excluding hydrogens is 342 g/mol. The van der Waals surface area contributed by atoms with Crippen LogP contribution in [0.2, 0.25) is 0 Å². The summed E-state index contributed by atoms with van der Waals surface area (Å²) in [5, 5.41) is 5.20. The van der Waals surface area contributed by atoms with Crippen LogP contribution in [-0.4, -0.2) is 38.2 Å². The Hall–Kier alpha value is -1.21. The zero-order valence-electron chi connectivity index (χ0n) is 12.7. The van der Waals surface area contributed by atoms with Crippen molar-refractivity contribution in [2.45, 2.75) is 6.04 Å². The molecule has 23 heavy (non-hydrogen) atoms. The number of thiophene rings is 1. The first-order valence-electron chi connectivity index (χ1n) is 7.22. The van der Waals surface area contributed by atoms with E-state index in [-0.39, 0.29) is 23.7 Å². The first kappa shape index (κ1) is 18.1. The van der Waals surface area contributed by atoms with Crippen molar-refractivity contribution in [1.82, 2.24) is 10.2 Å². The van der Waals surface area contributed by atoms with Crippen molar-refractivity contribution in [3.63, 3.8) is 0 Å². The quantitative estimate of drug-likeness (QED) is 0.903. The summed E-state index contributed by atoms with van der Waals surface area (Å²) in [4.78, 5) is 3.05. The topological polar surface area (TPSA) is 24.5 Å². The van der Waals surface area contributed by atoms with E-state index in [0.29, 0.717) is 0 Å². The van der Waals surface area contributed by atoms with Crippen LogP contribution in [-0.2, 0) is 0 Å². The lowest BCUT2D eigenvalue weighted by Crippen LogP contribution is -2.45. The van der Waals surface area contributed by atoms with Crippen LogP contribution in [0.25, 0.3) is 0 Å². The normalized spacial score (nSPS) is 16.7. The summed E-state index contributed by atoms with van der Waals surface area (Å²) in [6.45, 7) is 3.13. The Balaban J connectivity index is 0.00000192. The summed E-state index contributed by atoms with van der Waals surface area (Å²) in [7, 11) is 1.39. The monoisotopic (exact) mass is 360 g/mol. The second-order valence-electron chi connectivity index (χ2n) is 5.18. The van der Waals surface area contributed by atoms with E-state index < -0.39 is 17.7 Å². The third-order valence-corrected chi connectivity index (χ3v) is 4.84. The summed E-state index contributed by atoms with van der Waals surface area (Å²) in [6.07, 6.45) is 0. The molecule has 0 amide bonds. The number of nitrogens with zero attached hydrogens (tertiary/aromatic N) is 1. The van der Waals surface area contributed by atoms with E-state index in [0.717, 1.165) is 31.1 Å². The highest BCUT2D eigenvalue weighted by Crippen LogP contribution is 2.37. The number of piperazine rings is 1. The van der Waals surface area contributed by atoms with Crippen LogP contribution in [0, 0.1) is 11.6 Å². The molecule has 0 bridgehead atoms. The van der Waals surface area contributed by atoms with E-state index in [1.807, 2.05) is 17.5 Å². The molecule has 1 aliphatic rings. The molecule has 1 fully saturated rings. The first-order chi connectivity index (χ1) is 10.7. The van der Waals surface area contributed by atoms with Gasteiger partial charge >= 0.3 is 0 Å². The summed E-state index contributed by atoms with van der Waals surface area (Å²) < 4.78 is 34.2. The SMILES string of the molecule is COc1ccc(F)c([C@@H](c2cccs2)N2CCNCC2)c1F.Cl. The molecule has 7 heteroatoms. The minimum Gasteiger partial charge on any atom is -0.494 e. The average Bonchev–Trinajstić information content (AvgIpc) is 3.06. The molecule has 3 nitrogen and oxygen atoms in total.